The van der Waals surface area contributed by atoms with Crippen LogP contribution in [0.25, 0.3) is 5.69 Å². The average Bonchev–Trinajstić information content (AvgIpc) is 2.98. The summed E-state index contributed by atoms with van der Waals surface area (Å²) < 4.78 is 1.39. The zero-order valence-corrected chi connectivity index (χ0v) is 22.8. The molecule has 4 rings (SSSR count). The van der Waals surface area contributed by atoms with Gasteiger partial charge in [0, 0.05) is 58.1 Å². The zero-order valence-electron chi connectivity index (χ0n) is 22.8. The number of anilines is 1. The molecule has 0 spiro atoms. The van der Waals surface area contributed by atoms with Crippen LogP contribution < -0.4 is 33.5 Å². The smallest absolute Gasteiger partial charge is 0.354 e. The van der Waals surface area contributed by atoms with E-state index in [0.717, 1.165) is 38.0 Å². The van der Waals surface area contributed by atoms with Crippen molar-refractivity contribution in [3.63, 3.8) is 0 Å². The topological polar surface area (TPSA) is 218 Å². The molecule has 9 N–H and O–H groups in total. The Morgan fingerprint density at radius 2 is 1.59 bits per heavy atom. The number of hydrogen-bond acceptors (Lipinski definition) is 10. The number of hydrogen-bond donors (Lipinski definition) is 6. The molecule has 1 unspecified atom stereocenters. The maximum absolute atomic E-state index is 12.7. The molecule has 222 valence electrons. The van der Waals surface area contributed by atoms with Gasteiger partial charge in [0.05, 0.1) is 12.3 Å². The Hall–Kier alpha value is -3.89. The van der Waals surface area contributed by atoms with Crippen LogP contribution in [-0.4, -0.2) is 111 Å². The van der Waals surface area contributed by atoms with Gasteiger partial charge in [-0.05, 0) is 36.6 Å². The number of carbonyl (C=O) groups excluding carboxylic acids is 3. The van der Waals surface area contributed by atoms with Crippen LogP contribution in [0.4, 0.5) is 10.6 Å². The van der Waals surface area contributed by atoms with Crippen molar-refractivity contribution in [2.24, 2.45) is 17.2 Å². The first kappa shape index (κ1) is 30.1. The van der Waals surface area contributed by atoms with Crippen molar-refractivity contribution >= 4 is 23.7 Å². The van der Waals surface area contributed by atoms with Crippen molar-refractivity contribution in [1.29, 1.82) is 0 Å². The van der Waals surface area contributed by atoms with Crippen LogP contribution in [0.5, 0.6) is 0 Å². The van der Waals surface area contributed by atoms with E-state index >= 15 is 0 Å². The second-order valence-electron chi connectivity index (χ2n) is 10.2. The number of aliphatic hydroxyl groups is 1. The zero-order chi connectivity index (χ0) is 29.5. The minimum Gasteiger partial charge on any atom is -0.394 e. The van der Waals surface area contributed by atoms with Crippen molar-refractivity contribution in [2.75, 3.05) is 51.2 Å². The van der Waals surface area contributed by atoms with Gasteiger partial charge in [-0.25, -0.2) is 9.59 Å². The number of piperazine rings is 1. The molecule has 15 nitrogen and oxygen atoms in total. The summed E-state index contributed by atoms with van der Waals surface area (Å²) in [5.41, 5.74) is 17.6. The summed E-state index contributed by atoms with van der Waals surface area (Å²) in [6, 6.07) is 7.82. The molecule has 0 saturated carbocycles. The third-order valence-electron chi connectivity index (χ3n) is 7.29. The molecule has 15 heteroatoms. The highest BCUT2D eigenvalue weighted by Crippen LogP contribution is 2.16. The molecular formula is C26H38N10O5. The Bertz CT molecular complexity index is 1270. The van der Waals surface area contributed by atoms with Crippen LogP contribution in [0.3, 0.4) is 0 Å². The normalized spacial score (nSPS) is 17.4. The van der Waals surface area contributed by atoms with Crippen molar-refractivity contribution < 1.29 is 19.5 Å². The largest absolute Gasteiger partial charge is 0.394 e. The van der Waals surface area contributed by atoms with Crippen molar-refractivity contribution in [3.8, 4) is 5.69 Å². The van der Waals surface area contributed by atoms with Gasteiger partial charge in [-0.1, -0.05) is 12.1 Å². The van der Waals surface area contributed by atoms with E-state index in [1.54, 1.807) is 12.3 Å². The fourth-order valence-corrected chi connectivity index (χ4v) is 4.85. The van der Waals surface area contributed by atoms with E-state index in [1.807, 2.05) is 24.3 Å². The predicted molar refractivity (Wildman–Crippen MR) is 151 cm³/mol. The SMILES string of the molecule is NC(N)C(=O)NC1CCN(Cc2ccc(-n3ccc(NC(=O)N4CCN(C(=O)C(N)CO)CC4)nc3=O)cc2)CC1. The molecule has 0 aliphatic carbocycles. The van der Waals surface area contributed by atoms with Crippen molar-refractivity contribution in [1.82, 2.24) is 29.6 Å². The van der Waals surface area contributed by atoms with E-state index in [2.05, 4.69) is 20.5 Å². The molecule has 0 radical (unpaired) electrons. The number of rotatable bonds is 8. The second-order valence-corrected chi connectivity index (χ2v) is 10.2. The number of likely N-dealkylation sites (tertiary alicyclic amines) is 1. The molecule has 3 heterocycles. The number of aromatic nitrogens is 2. The number of benzene rings is 1. The maximum Gasteiger partial charge on any atom is 0.354 e. The van der Waals surface area contributed by atoms with E-state index in [1.165, 1.54) is 14.4 Å². The number of amides is 4. The highest BCUT2D eigenvalue weighted by atomic mass is 16.3. The van der Waals surface area contributed by atoms with E-state index in [-0.39, 0.29) is 36.8 Å². The third-order valence-corrected chi connectivity index (χ3v) is 7.29. The van der Waals surface area contributed by atoms with Gasteiger partial charge in [0.1, 0.15) is 18.0 Å². The van der Waals surface area contributed by atoms with Gasteiger partial charge >= 0.3 is 11.7 Å². The predicted octanol–water partition coefficient (Wildman–Crippen LogP) is -2.45. The highest BCUT2D eigenvalue weighted by molar-refractivity contribution is 5.88. The van der Waals surface area contributed by atoms with E-state index in [4.69, 9.17) is 22.3 Å². The van der Waals surface area contributed by atoms with Crippen LogP contribution in [0.15, 0.2) is 41.3 Å². The van der Waals surface area contributed by atoms with Crippen LogP contribution >= 0.6 is 0 Å². The van der Waals surface area contributed by atoms with Gasteiger partial charge in [0.15, 0.2) is 0 Å². The first-order valence-electron chi connectivity index (χ1n) is 13.6. The number of carbonyl (C=O) groups is 3. The van der Waals surface area contributed by atoms with Gasteiger partial charge in [0.25, 0.3) is 5.91 Å². The summed E-state index contributed by atoms with van der Waals surface area (Å²) in [5, 5.41) is 14.6. The summed E-state index contributed by atoms with van der Waals surface area (Å²) in [4.78, 5) is 58.5. The Morgan fingerprint density at radius 3 is 2.17 bits per heavy atom. The molecule has 2 aromatic rings. The fourth-order valence-electron chi connectivity index (χ4n) is 4.85. The summed E-state index contributed by atoms with van der Waals surface area (Å²) in [5.74, 6) is -0.568. The number of nitrogens with zero attached hydrogens (tertiary/aromatic N) is 5. The molecule has 41 heavy (non-hydrogen) atoms. The molecule has 2 saturated heterocycles. The molecular weight excluding hydrogens is 532 g/mol. The molecule has 1 aromatic heterocycles. The van der Waals surface area contributed by atoms with Crippen molar-refractivity contribution in [3.05, 3.63) is 52.6 Å². The Balaban J connectivity index is 1.27. The van der Waals surface area contributed by atoms with E-state index in [0.29, 0.717) is 18.8 Å². The fraction of sp³-hybridized carbons (Fsp3) is 0.500. The Morgan fingerprint density at radius 1 is 0.951 bits per heavy atom. The minimum atomic E-state index is -1.01. The Kier molecular flexibility index (Phi) is 10.0. The first-order valence-corrected chi connectivity index (χ1v) is 13.6. The third kappa shape index (κ3) is 7.86. The summed E-state index contributed by atoms with van der Waals surface area (Å²) in [6.07, 6.45) is 2.18. The minimum absolute atomic E-state index is 0.0700. The summed E-state index contributed by atoms with van der Waals surface area (Å²) >= 11 is 0. The highest BCUT2D eigenvalue weighted by Gasteiger charge is 2.27. The number of urea groups is 1. The van der Waals surface area contributed by atoms with Gasteiger partial charge < -0.3 is 37.4 Å². The maximum atomic E-state index is 12.7. The van der Waals surface area contributed by atoms with Crippen LogP contribution in [-0.2, 0) is 16.1 Å². The number of piperidine rings is 1. The van der Waals surface area contributed by atoms with Gasteiger partial charge in [-0.15, -0.1) is 0 Å². The molecule has 4 amide bonds. The van der Waals surface area contributed by atoms with E-state index < -0.39 is 30.5 Å². The lowest BCUT2D eigenvalue weighted by atomic mass is 10.0. The quantitative estimate of drug-likeness (QED) is 0.184. The van der Waals surface area contributed by atoms with Gasteiger partial charge in [-0.2, -0.15) is 4.98 Å². The number of aliphatic hydroxyl groups excluding tert-OH is 1. The number of nitrogens with two attached hydrogens (primary N) is 3. The lowest BCUT2D eigenvalue weighted by molar-refractivity contribution is -0.134. The average molecular weight is 571 g/mol. The lowest BCUT2D eigenvalue weighted by Crippen LogP contribution is -2.55. The van der Waals surface area contributed by atoms with Gasteiger partial charge in [-0.3, -0.25) is 24.4 Å². The van der Waals surface area contributed by atoms with Crippen LogP contribution in [0, 0.1) is 0 Å². The van der Waals surface area contributed by atoms with Crippen LogP contribution in [0.1, 0.15) is 18.4 Å². The monoisotopic (exact) mass is 570 g/mol. The molecule has 2 aliphatic rings. The molecule has 2 aliphatic heterocycles. The standard InChI is InChI=1S/C26H38N10O5/c27-20(16-37)24(39)34-11-13-35(14-12-34)25(40)31-21-7-10-36(26(41)32-21)19-3-1-17(2-4-19)15-33-8-5-18(6-9-33)30-23(38)22(28)29/h1-4,7,10,18,20,22,37H,5-6,8-9,11-16,27-29H2,(H,30,38)(H,31,32,40,41). The lowest BCUT2D eigenvalue weighted by Gasteiger charge is -2.35. The van der Waals surface area contributed by atoms with Crippen LogP contribution in [0.2, 0.25) is 0 Å². The van der Waals surface area contributed by atoms with Gasteiger partial charge in [0.2, 0.25) is 5.91 Å². The molecule has 1 atom stereocenters. The summed E-state index contributed by atoms with van der Waals surface area (Å²) in [7, 11) is 0. The van der Waals surface area contributed by atoms with Crippen molar-refractivity contribution in [2.45, 2.75) is 37.6 Å². The first-order chi connectivity index (χ1) is 19.6. The second kappa shape index (κ2) is 13.6. The molecule has 2 fully saturated rings. The number of nitrogens with one attached hydrogen (secondary N) is 2. The Labute approximate surface area is 237 Å². The van der Waals surface area contributed by atoms with E-state index in [9.17, 15) is 19.2 Å². The molecule has 0 bridgehead atoms. The molecule has 1 aromatic carbocycles. The summed E-state index contributed by atoms with van der Waals surface area (Å²) in [6.45, 7) is 3.13.